The number of aromatic nitrogens is 3. The lowest BCUT2D eigenvalue weighted by atomic mass is 9.82. The minimum atomic E-state index is -3.66. The molecular weight excluding hydrogens is 643 g/mol. The van der Waals surface area contributed by atoms with Crippen LogP contribution in [0, 0.1) is 11.8 Å². The van der Waals surface area contributed by atoms with E-state index in [2.05, 4.69) is 20.5 Å². The van der Waals surface area contributed by atoms with Gasteiger partial charge >= 0.3 is 0 Å². The van der Waals surface area contributed by atoms with Crippen LogP contribution >= 0.6 is 0 Å². The minimum Gasteiger partial charge on any atom is -0.390 e. The number of hydrogen-bond donors (Lipinski definition) is 5. The predicted molar refractivity (Wildman–Crippen MR) is 190 cm³/mol. The maximum absolute atomic E-state index is 14.0. The molecule has 1 unspecified atom stereocenters. The van der Waals surface area contributed by atoms with Crippen molar-refractivity contribution < 1.29 is 28.2 Å². The normalized spacial score (nSPS) is 17.5. The summed E-state index contributed by atoms with van der Waals surface area (Å²) in [6.07, 6.45) is 6.65. The van der Waals surface area contributed by atoms with E-state index in [1.807, 2.05) is 30.3 Å². The average molecular weight is 696 g/mol. The first-order valence-corrected chi connectivity index (χ1v) is 19.0. The van der Waals surface area contributed by atoms with Gasteiger partial charge in [0, 0.05) is 18.0 Å². The number of sulfone groups is 1. The van der Waals surface area contributed by atoms with E-state index in [9.17, 15) is 28.2 Å². The second kappa shape index (κ2) is 17.0. The molecule has 12 heteroatoms. The quantitative estimate of drug-likeness (QED) is 0.137. The van der Waals surface area contributed by atoms with Gasteiger partial charge in [0.05, 0.1) is 51.6 Å². The fourth-order valence-electron chi connectivity index (χ4n) is 6.55. The standard InChI is InChI=1S/C37H53N5O6S/c1-24(38)34(44)33-28(29-18-20-40-42-29)17-19-39-30(33)15-16-32(43)35(45)31(22-26-13-9-6-10-14-26)41-36(46)27(21-25-11-7-5-8-12-25)23-49(47,48)37(2,3)4/h5,7-8,11-12,17-20,24,26-27,31-32,35,43,45H,6,9-10,13-16,21-23,38H2,1-4H3,(H,40,42)(H,41,46)/t24?,27-,31+,32+,35-/m1/s1. The summed E-state index contributed by atoms with van der Waals surface area (Å²) in [5.41, 5.74) is 8.71. The number of H-pyrrole nitrogens is 1. The van der Waals surface area contributed by atoms with Crippen molar-refractivity contribution in [3.63, 3.8) is 0 Å². The van der Waals surface area contributed by atoms with Crippen LogP contribution in [-0.4, -0.2) is 80.3 Å². The molecule has 0 saturated heterocycles. The second-order valence-electron chi connectivity index (χ2n) is 14.5. The Labute approximate surface area is 290 Å². The van der Waals surface area contributed by atoms with Crippen molar-refractivity contribution in [1.82, 2.24) is 20.5 Å². The Morgan fingerprint density at radius 1 is 1.06 bits per heavy atom. The maximum atomic E-state index is 14.0. The summed E-state index contributed by atoms with van der Waals surface area (Å²) < 4.78 is 25.6. The van der Waals surface area contributed by atoms with Crippen molar-refractivity contribution in [1.29, 1.82) is 0 Å². The van der Waals surface area contributed by atoms with Crippen molar-refractivity contribution in [3.8, 4) is 11.3 Å². The van der Waals surface area contributed by atoms with Crippen molar-refractivity contribution >= 4 is 21.5 Å². The van der Waals surface area contributed by atoms with E-state index in [0.29, 0.717) is 28.9 Å². The highest BCUT2D eigenvalue weighted by Crippen LogP contribution is 2.30. The first kappa shape index (κ1) is 38.4. The molecule has 6 N–H and O–H groups in total. The number of nitrogens with zero attached hydrogens (tertiary/aromatic N) is 2. The number of rotatable bonds is 16. The van der Waals surface area contributed by atoms with Gasteiger partial charge in [0.2, 0.25) is 5.91 Å². The molecule has 3 aromatic rings. The van der Waals surface area contributed by atoms with Crippen LogP contribution < -0.4 is 11.1 Å². The largest absolute Gasteiger partial charge is 0.390 e. The molecule has 2 aromatic heterocycles. The van der Waals surface area contributed by atoms with E-state index in [4.69, 9.17) is 5.73 Å². The van der Waals surface area contributed by atoms with Crippen molar-refractivity contribution in [2.24, 2.45) is 17.6 Å². The number of aliphatic hydroxyl groups excluding tert-OH is 2. The number of aryl methyl sites for hydroxylation is 1. The van der Waals surface area contributed by atoms with Crippen LogP contribution in [0.1, 0.15) is 94.3 Å². The SMILES string of the molecule is CC(N)C(=O)c1c(-c2cc[nH]n2)ccnc1CC[C@H](O)[C@H](O)[C@H](CC1CCCCC1)NC(=O)[C@H](Cc1ccccc1)CS(=O)(=O)C(C)(C)C. The Bertz CT molecular complexity index is 1620. The van der Waals surface area contributed by atoms with E-state index >= 15 is 0 Å². The van der Waals surface area contributed by atoms with Crippen LogP contribution in [0.25, 0.3) is 11.3 Å². The summed E-state index contributed by atoms with van der Waals surface area (Å²) in [6.45, 7) is 6.47. The first-order chi connectivity index (χ1) is 23.2. The topological polar surface area (TPSA) is 188 Å². The Kier molecular flexibility index (Phi) is 13.3. The van der Waals surface area contributed by atoms with Crippen LogP contribution in [0.15, 0.2) is 54.9 Å². The molecule has 1 aromatic carbocycles. The van der Waals surface area contributed by atoms with E-state index in [0.717, 1.165) is 37.7 Å². The summed E-state index contributed by atoms with van der Waals surface area (Å²) >= 11 is 0. The van der Waals surface area contributed by atoms with Gasteiger partial charge in [-0.25, -0.2) is 8.42 Å². The molecule has 0 spiro atoms. The average Bonchev–Trinajstić information content (AvgIpc) is 3.61. The molecule has 1 aliphatic rings. The molecule has 0 aliphatic heterocycles. The van der Waals surface area contributed by atoms with Crippen molar-refractivity contribution in [3.05, 3.63) is 71.7 Å². The molecule has 5 atom stereocenters. The number of ketones is 1. The molecule has 4 rings (SSSR count). The van der Waals surface area contributed by atoms with Crippen LogP contribution in [0.2, 0.25) is 0 Å². The number of benzene rings is 1. The van der Waals surface area contributed by atoms with Gasteiger partial charge in [0.1, 0.15) is 6.10 Å². The van der Waals surface area contributed by atoms with E-state index < -0.39 is 50.7 Å². The van der Waals surface area contributed by atoms with Gasteiger partial charge in [-0.1, -0.05) is 62.4 Å². The number of hydrogen-bond acceptors (Lipinski definition) is 9. The summed E-state index contributed by atoms with van der Waals surface area (Å²) in [5.74, 6) is -1.78. The fourth-order valence-corrected chi connectivity index (χ4v) is 7.85. The molecule has 0 bridgehead atoms. The summed E-state index contributed by atoms with van der Waals surface area (Å²) in [7, 11) is -3.66. The molecular formula is C37H53N5O6S. The van der Waals surface area contributed by atoms with Crippen LogP contribution in [0.5, 0.6) is 0 Å². The predicted octanol–water partition coefficient (Wildman–Crippen LogP) is 4.18. The van der Waals surface area contributed by atoms with E-state index in [1.54, 1.807) is 52.2 Å². The first-order valence-electron chi connectivity index (χ1n) is 17.4. The van der Waals surface area contributed by atoms with E-state index in [-0.39, 0.29) is 36.7 Å². The third-order valence-corrected chi connectivity index (χ3v) is 12.3. The summed E-state index contributed by atoms with van der Waals surface area (Å²) in [4.78, 5) is 31.7. The summed E-state index contributed by atoms with van der Waals surface area (Å²) in [5, 5.41) is 33.0. The van der Waals surface area contributed by atoms with E-state index in [1.165, 1.54) is 0 Å². The number of nitrogens with one attached hydrogen (secondary N) is 2. The van der Waals surface area contributed by atoms with Crippen LogP contribution in [0.3, 0.4) is 0 Å². The smallest absolute Gasteiger partial charge is 0.224 e. The zero-order valence-corrected chi connectivity index (χ0v) is 30.0. The number of carbonyl (C=O) groups excluding carboxylic acids is 2. The number of aliphatic hydroxyl groups is 2. The van der Waals surface area contributed by atoms with Gasteiger partial charge < -0.3 is 21.3 Å². The summed E-state index contributed by atoms with van der Waals surface area (Å²) in [6, 6.07) is 11.1. The molecule has 0 radical (unpaired) electrons. The number of Topliss-reactive ketones (excluding diaryl/α,β-unsaturated/α-hetero) is 1. The van der Waals surface area contributed by atoms with Gasteiger partial charge in [-0.15, -0.1) is 0 Å². The number of aromatic amines is 1. The van der Waals surface area contributed by atoms with Gasteiger partial charge in [-0.3, -0.25) is 19.7 Å². The monoisotopic (exact) mass is 695 g/mol. The Morgan fingerprint density at radius 2 is 1.76 bits per heavy atom. The number of pyridine rings is 1. The molecule has 268 valence electrons. The number of carbonyl (C=O) groups is 2. The molecule has 1 saturated carbocycles. The Morgan fingerprint density at radius 3 is 2.37 bits per heavy atom. The number of nitrogens with two attached hydrogens (primary N) is 1. The van der Waals surface area contributed by atoms with Gasteiger partial charge in [0.15, 0.2) is 15.6 Å². The van der Waals surface area contributed by atoms with Crippen LogP contribution in [-0.2, 0) is 27.5 Å². The zero-order valence-electron chi connectivity index (χ0n) is 29.1. The highest BCUT2D eigenvalue weighted by molar-refractivity contribution is 7.92. The Hall–Kier alpha value is -3.45. The van der Waals surface area contributed by atoms with Crippen LogP contribution in [0.4, 0.5) is 0 Å². The van der Waals surface area contributed by atoms with Crippen molar-refractivity contribution in [2.45, 2.75) is 115 Å². The second-order valence-corrected chi connectivity index (χ2v) is 17.3. The molecule has 1 aliphatic carbocycles. The molecule has 49 heavy (non-hydrogen) atoms. The molecule has 2 heterocycles. The van der Waals surface area contributed by atoms with Gasteiger partial charge in [0.25, 0.3) is 0 Å². The Balaban J connectivity index is 1.57. The minimum absolute atomic E-state index is 0.0559. The fraction of sp³-hybridized carbons (Fsp3) is 0.568. The molecule has 1 amide bonds. The highest BCUT2D eigenvalue weighted by atomic mass is 32.2. The van der Waals surface area contributed by atoms with Crippen molar-refractivity contribution in [2.75, 3.05) is 5.75 Å². The number of amides is 1. The van der Waals surface area contributed by atoms with Gasteiger partial charge in [-0.05, 0) is 77.0 Å². The third-order valence-electron chi connectivity index (χ3n) is 9.64. The molecule has 1 fully saturated rings. The lowest BCUT2D eigenvalue weighted by Crippen LogP contribution is -2.52. The maximum Gasteiger partial charge on any atom is 0.224 e. The third kappa shape index (κ3) is 10.3. The lowest BCUT2D eigenvalue weighted by Gasteiger charge is -2.33. The van der Waals surface area contributed by atoms with Gasteiger partial charge in [-0.2, -0.15) is 5.10 Å². The highest BCUT2D eigenvalue weighted by Gasteiger charge is 2.37. The zero-order chi connectivity index (χ0) is 35.8. The lowest BCUT2D eigenvalue weighted by molar-refractivity contribution is -0.127. The molecule has 11 nitrogen and oxygen atoms in total.